The first-order valence-corrected chi connectivity index (χ1v) is 14.9. The Hall–Kier alpha value is -4.08. The van der Waals surface area contributed by atoms with Crippen molar-refractivity contribution in [3.05, 3.63) is 95.5 Å². The molecule has 0 unspecified atom stereocenters. The van der Waals surface area contributed by atoms with Gasteiger partial charge in [0.15, 0.2) is 11.0 Å². The van der Waals surface area contributed by atoms with Crippen LogP contribution in [-0.4, -0.2) is 63.4 Å². The zero-order valence-electron chi connectivity index (χ0n) is 22.7. The van der Waals surface area contributed by atoms with Crippen LogP contribution in [0.5, 0.6) is 0 Å². The summed E-state index contributed by atoms with van der Waals surface area (Å²) in [7, 11) is 0. The van der Waals surface area contributed by atoms with Crippen LogP contribution in [0.3, 0.4) is 0 Å². The third kappa shape index (κ3) is 7.36. The summed E-state index contributed by atoms with van der Waals surface area (Å²) in [6.07, 6.45) is 3.29. The smallest absolute Gasteiger partial charge is 0.248 e. The summed E-state index contributed by atoms with van der Waals surface area (Å²) < 4.78 is 2.01. The molecule has 210 valence electrons. The van der Waals surface area contributed by atoms with Crippen molar-refractivity contribution in [3.8, 4) is 11.4 Å². The van der Waals surface area contributed by atoms with Crippen LogP contribution >= 0.6 is 23.4 Å². The topological polar surface area (TPSA) is 83.4 Å². The number of piperazine rings is 1. The highest BCUT2D eigenvalue weighted by Crippen LogP contribution is 2.26. The molecule has 1 saturated heterocycles. The van der Waals surface area contributed by atoms with Crippen LogP contribution in [0.15, 0.2) is 90.1 Å². The van der Waals surface area contributed by atoms with Gasteiger partial charge in [-0.25, -0.2) is 0 Å². The number of amides is 2. The summed E-state index contributed by atoms with van der Waals surface area (Å²) in [6, 6.07) is 25.0. The van der Waals surface area contributed by atoms with Crippen LogP contribution < -0.4 is 10.2 Å². The highest BCUT2D eigenvalue weighted by atomic mass is 35.5. The third-order valence-electron chi connectivity index (χ3n) is 6.82. The molecule has 1 aromatic heterocycles. The van der Waals surface area contributed by atoms with Gasteiger partial charge in [-0.3, -0.25) is 9.59 Å². The molecule has 0 aliphatic carbocycles. The molecule has 0 bridgehead atoms. The normalized spacial score (nSPS) is 13.5. The van der Waals surface area contributed by atoms with Gasteiger partial charge >= 0.3 is 0 Å². The molecule has 0 radical (unpaired) electrons. The summed E-state index contributed by atoms with van der Waals surface area (Å²) in [6.45, 7) is 5.63. The number of thioether (sulfide) groups is 1. The number of nitrogens with zero attached hydrogens (tertiary/aromatic N) is 5. The third-order valence-corrected chi connectivity index (χ3v) is 8.02. The average molecular weight is 587 g/mol. The Bertz CT molecular complexity index is 1500. The molecule has 0 spiro atoms. The van der Waals surface area contributed by atoms with E-state index in [4.69, 9.17) is 11.6 Å². The standard InChI is InChI=1S/C31H31ClN6O2S/c1-2-38-30(24-9-13-26(14-10-24)33-28(39)17-8-23-6-4-3-5-7-23)34-35-31(38)41-22-29(40)37-20-18-36(19-21-37)27-15-11-25(32)12-16-27/h3-17H,2,18-22H2,1H3,(H,33,39)/b17-8+. The molecule has 3 aromatic carbocycles. The average Bonchev–Trinajstić information content (AvgIpc) is 3.43. The number of carbonyl (C=O) groups excluding carboxylic acids is 2. The van der Waals surface area contributed by atoms with Crippen LogP contribution in [0.4, 0.5) is 11.4 Å². The van der Waals surface area contributed by atoms with E-state index in [1.165, 1.54) is 17.8 Å². The maximum absolute atomic E-state index is 13.0. The number of carbonyl (C=O) groups is 2. The first-order valence-electron chi connectivity index (χ1n) is 13.5. The van der Waals surface area contributed by atoms with Crippen molar-refractivity contribution in [3.63, 3.8) is 0 Å². The SMILES string of the molecule is CCn1c(SCC(=O)N2CCN(c3ccc(Cl)cc3)CC2)nnc1-c1ccc(NC(=O)/C=C/c2ccccc2)cc1. The first-order chi connectivity index (χ1) is 20.0. The van der Waals surface area contributed by atoms with Gasteiger partial charge in [-0.1, -0.05) is 53.7 Å². The lowest BCUT2D eigenvalue weighted by Crippen LogP contribution is -2.49. The first kappa shape index (κ1) is 28.4. The van der Waals surface area contributed by atoms with Gasteiger partial charge < -0.3 is 19.7 Å². The lowest BCUT2D eigenvalue weighted by atomic mass is 10.2. The lowest BCUT2D eigenvalue weighted by Gasteiger charge is -2.36. The number of rotatable bonds is 9. The van der Waals surface area contributed by atoms with E-state index in [2.05, 4.69) is 20.4 Å². The molecular formula is C31H31ClN6O2S. The van der Waals surface area contributed by atoms with E-state index < -0.39 is 0 Å². The summed E-state index contributed by atoms with van der Waals surface area (Å²) in [5.74, 6) is 0.925. The maximum atomic E-state index is 13.0. The van der Waals surface area contributed by atoms with Crippen molar-refractivity contribution in [2.24, 2.45) is 0 Å². The molecule has 1 aliphatic rings. The predicted molar refractivity (Wildman–Crippen MR) is 166 cm³/mol. The van der Waals surface area contributed by atoms with Crippen molar-refractivity contribution >= 4 is 52.6 Å². The molecule has 8 nitrogen and oxygen atoms in total. The fraction of sp³-hybridized carbons (Fsp3) is 0.226. The number of hydrogen-bond acceptors (Lipinski definition) is 6. The zero-order chi connectivity index (χ0) is 28.6. The number of nitrogens with one attached hydrogen (secondary N) is 1. The predicted octanol–water partition coefficient (Wildman–Crippen LogP) is 5.71. The molecule has 41 heavy (non-hydrogen) atoms. The molecule has 4 aromatic rings. The summed E-state index contributed by atoms with van der Waals surface area (Å²) in [5, 5.41) is 13.1. The molecule has 2 heterocycles. The van der Waals surface area contributed by atoms with Crippen LogP contribution in [0.2, 0.25) is 5.02 Å². The minimum Gasteiger partial charge on any atom is -0.368 e. The number of aromatic nitrogens is 3. The molecule has 2 amide bonds. The van der Waals surface area contributed by atoms with Gasteiger partial charge in [0, 0.05) is 60.8 Å². The van der Waals surface area contributed by atoms with Gasteiger partial charge in [-0.2, -0.15) is 0 Å². The molecule has 0 saturated carbocycles. The molecule has 1 fully saturated rings. The minimum atomic E-state index is -0.201. The van der Waals surface area contributed by atoms with Crippen molar-refractivity contribution in [1.82, 2.24) is 19.7 Å². The maximum Gasteiger partial charge on any atom is 0.248 e. The Kier molecular flexibility index (Phi) is 9.38. The highest BCUT2D eigenvalue weighted by molar-refractivity contribution is 7.99. The van der Waals surface area contributed by atoms with Gasteiger partial charge in [0.1, 0.15) is 0 Å². The highest BCUT2D eigenvalue weighted by Gasteiger charge is 2.22. The van der Waals surface area contributed by atoms with Crippen molar-refractivity contribution in [1.29, 1.82) is 0 Å². The Morgan fingerprint density at radius 2 is 1.63 bits per heavy atom. The van der Waals surface area contributed by atoms with E-state index in [-0.39, 0.29) is 11.8 Å². The second kappa shape index (κ2) is 13.5. The van der Waals surface area contributed by atoms with Crippen LogP contribution in [0, 0.1) is 0 Å². The van der Waals surface area contributed by atoms with E-state index >= 15 is 0 Å². The van der Waals surface area contributed by atoms with Crippen LogP contribution in [-0.2, 0) is 16.1 Å². The van der Waals surface area contributed by atoms with E-state index in [0.717, 1.165) is 40.8 Å². The minimum absolute atomic E-state index is 0.0966. The van der Waals surface area contributed by atoms with Crippen LogP contribution in [0.1, 0.15) is 12.5 Å². The number of hydrogen-bond donors (Lipinski definition) is 1. The Morgan fingerprint density at radius 3 is 2.32 bits per heavy atom. The molecule has 5 rings (SSSR count). The quantitative estimate of drug-likeness (QED) is 0.200. The van der Waals surface area contributed by atoms with Crippen molar-refractivity contribution < 1.29 is 9.59 Å². The number of anilines is 2. The summed E-state index contributed by atoms with van der Waals surface area (Å²) in [5.41, 5.74) is 3.66. The monoisotopic (exact) mass is 586 g/mol. The Balaban J connectivity index is 1.14. The van der Waals surface area contributed by atoms with Gasteiger partial charge in [0.05, 0.1) is 5.75 Å². The Morgan fingerprint density at radius 1 is 0.927 bits per heavy atom. The van der Waals surface area contributed by atoms with E-state index in [1.807, 2.05) is 95.3 Å². The molecule has 10 heteroatoms. The molecular weight excluding hydrogens is 556 g/mol. The van der Waals surface area contributed by atoms with Gasteiger partial charge in [0.2, 0.25) is 11.8 Å². The number of benzene rings is 3. The summed E-state index contributed by atoms with van der Waals surface area (Å²) in [4.78, 5) is 29.5. The van der Waals surface area contributed by atoms with Crippen molar-refractivity contribution in [2.75, 3.05) is 42.1 Å². The van der Waals surface area contributed by atoms with Gasteiger partial charge in [-0.15, -0.1) is 10.2 Å². The van der Waals surface area contributed by atoms with Gasteiger partial charge in [-0.05, 0) is 67.1 Å². The van der Waals surface area contributed by atoms with Gasteiger partial charge in [0.25, 0.3) is 0 Å². The Labute approximate surface area is 249 Å². The number of halogens is 1. The zero-order valence-corrected chi connectivity index (χ0v) is 24.3. The fourth-order valence-corrected chi connectivity index (χ4v) is 5.63. The van der Waals surface area contributed by atoms with Crippen molar-refractivity contribution in [2.45, 2.75) is 18.6 Å². The molecule has 0 atom stereocenters. The fourth-order valence-electron chi connectivity index (χ4n) is 4.60. The van der Waals surface area contributed by atoms with Crippen LogP contribution in [0.25, 0.3) is 17.5 Å². The molecule has 1 N–H and O–H groups in total. The second-order valence-corrected chi connectivity index (χ2v) is 10.9. The molecule has 1 aliphatic heterocycles. The lowest BCUT2D eigenvalue weighted by molar-refractivity contribution is -0.128. The largest absolute Gasteiger partial charge is 0.368 e. The van der Waals surface area contributed by atoms with E-state index in [9.17, 15) is 9.59 Å². The van der Waals surface area contributed by atoms with E-state index in [1.54, 1.807) is 6.08 Å². The summed E-state index contributed by atoms with van der Waals surface area (Å²) >= 11 is 7.41. The second-order valence-electron chi connectivity index (χ2n) is 9.49. The van der Waals surface area contributed by atoms with E-state index in [0.29, 0.717) is 36.2 Å².